The zero-order valence-corrected chi connectivity index (χ0v) is 14.9. The molecule has 0 spiro atoms. The maximum Gasteiger partial charge on any atom is 0.223 e. The Morgan fingerprint density at radius 3 is 2.78 bits per heavy atom. The Kier molecular flexibility index (Phi) is 5.94. The Labute approximate surface area is 148 Å². The van der Waals surface area contributed by atoms with Crippen molar-refractivity contribution in [2.75, 3.05) is 32.1 Å². The lowest BCUT2D eigenvalue weighted by Gasteiger charge is -2.26. The van der Waals surface area contributed by atoms with Crippen molar-refractivity contribution in [3.63, 3.8) is 0 Å². The highest BCUT2D eigenvalue weighted by molar-refractivity contribution is 8.01. The van der Waals surface area contributed by atoms with Gasteiger partial charge >= 0.3 is 0 Å². The van der Waals surface area contributed by atoms with E-state index in [1.165, 1.54) is 0 Å². The Bertz CT molecular complexity index is 654. The van der Waals surface area contributed by atoms with Crippen LogP contribution in [0.25, 0.3) is 11.3 Å². The van der Waals surface area contributed by atoms with Crippen LogP contribution in [0, 0.1) is 0 Å². The molecule has 0 unspecified atom stereocenters. The van der Waals surface area contributed by atoms with Crippen LogP contribution in [-0.4, -0.2) is 47.8 Å². The number of benzene rings is 1. The van der Waals surface area contributed by atoms with Crippen molar-refractivity contribution in [1.29, 1.82) is 0 Å². The Hall–Kier alpha value is -1.08. The van der Waals surface area contributed by atoms with E-state index in [1.807, 2.05) is 34.5 Å². The topological polar surface area (TPSA) is 42.4 Å². The van der Waals surface area contributed by atoms with Crippen LogP contribution in [0.15, 0.2) is 34.0 Å². The van der Waals surface area contributed by atoms with Gasteiger partial charge in [0.2, 0.25) is 5.91 Å². The molecule has 122 valence electrons. The number of hydrogen-bond donors (Lipinski definition) is 0. The highest BCUT2D eigenvalue weighted by atomic mass is 35.5. The van der Waals surface area contributed by atoms with Crippen LogP contribution < -0.4 is 0 Å². The smallest absolute Gasteiger partial charge is 0.223 e. The molecule has 0 aliphatic carbocycles. The normalized spacial score (nSPS) is 14.9. The first-order valence-corrected chi connectivity index (χ1v) is 9.66. The summed E-state index contributed by atoms with van der Waals surface area (Å²) in [6.07, 6.45) is 0.542. The van der Waals surface area contributed by atoms with Crippen LogP contribution in [0.2, 0.25) is 5.02 Å². The standard InChI is InChI=1S/C16H17ClN2O2S2/c17-13-3-1-12(2-4-13)14-11-23-16(18-14)22-10-5-15(20)19-6-8-21-9-7-19/h1-4,11H,5-10H2. The summed E-state index contributed by atoms with van der Waals surface area (Å²) in [7, 11) is 0. The number of morpholine rings is 1. The van der Waals surface area contributed by atoms with E-state index in [0.29, 0.717) is 32.7 Å². The fourth-order valence-electron chi connectivity index (χ4n) is 2.27. The predicted octanol–water partition coefficient (Wildman–Crippen LogP) is 3.80. The number of thioether (sulfide) groups is 1. The molecule has 23 heavy (non-hydrogen) atoms. The van der Waals surface area contributed by atoms with Gasteiger partial charge in [0.05, 0.1) is 18.9 Å². The molecule has 7 heteroatoms. The van der Waals surface area contributed by atoms with E-state index in [4.69, 9.17) is 16.3 Å². The fourth-order valence-corrected chi connectivity index (χ4v) is 4.23. The summed E-state index contributed by atoms with van der Waals surface area (Å²) in [6, 6.07) is 7.66. The van der Waals surface area contributed by atoms with E-state index in [-0.39, 0.29) is 5.91 Å². The van der Waals surface area contributed by atoms with Crippen LogP contribution in [0.1, 0.15) is 6.42 Å². The third kappa shape index (κ3) is 4.70. The lowest BCUT2D eigenvalue weighted by Crippen LogP contribution is -2.40. The van der Waals surface area contributed by atoms with Crippen LogP contribution in [0.4, 0.5) is 0 Å². The molecule has 0 radical (unpaired) electrons. The number of hydrogen-bond acceptors (Lipinski definition) is 5. The minimum atomic E-state index is 0.204. The van der Waals surface area contributed by atoms with Gasteiger partial charge in [-0.05, 0) is 12.1 Å². The summed E-state index contributed by atoms with van der Waals surface area (Å²) in [5.41, 5.74) is 2.01. The van der Waals surface area contributed by atoms with Gasteiger partial charge in [-0.3, -0.25) is 4.79 Å². The van der Waals surface area contributed by atoms with E-state index >= 15 is 0 Å². The molecule has 1 aliphatic rings. The molecule has 1 aliphatic heterocycles. The molecule has 2 heterocycles. The summed E-state index contributed by atoms with van der Waals surface area (Å²) in [4.78, 5) is 18.6. The minimum absolute atomic E-state index is 0.204. The first-order valence-electron chi connectivity index (χ1n) is 7.42. The molecular weight excluding hydrogens is 352 g/mol. The molecule has 0 N–H and O–H groups in total. The Morgan fingerprint density at radius 2 is 2.04 bits per heavy atom. The summed E-state index contributed by atoms with van der Waals surface area (Å²) in [5.74, 6) is 0.958. The molecular formula is C16H17ClN2O2S2. The molecule has 2 aromatic rings. The second-order valence-corrected chi connectivity index (χ2v) is 7.73. The van der Waals surface area contributed by atoms with E-state index in [0.717, 1.165) is 26.4 Å². The Balaban J connectivity index is 1.49. The number of halogens is 1. The number of aromatic nitrogens is 1. The molecule has 3 rings (SSSR count). The van der Waals surface area contributed by atoms with E-state index in [9.17, 15) is 4.79 Å². The molecule has 1 saturated heterocycles. The molecule has 1 fully saturated rings. The second kappa shape index (κ2) is 8.15. The highest BCUT2D eigenvalue weighted by Crippen LogP contribution is 2.29. The van der Waals surface area contributed by atoms with Crippen molar-refractivity contribution in [2.24, 2.45) is 0 Å². The van der Waals surface area contributed by atoms with Crippen molar-refractivity contribution in [3.05, 3.63) is 34.7 Å². The molecule has 1 aromatic carbocycles. The summed E-state index contributed by atoms with van der Waals surface area (Å²) in [6.45, 7) is 2.72. The van der Waals surface area contributed by atoms with Gasteiger partial charge in [0.1, 0.15) is 0 Å². The quantitative estimate of drug-likeness (QED) is 0.753. The van der Waals surface area contributed by atoms with Crippen molar-refractivity contribution in [3.8, 4) is 11.3 Å². The second-order valence-electron chi connectivity index (χ2n) is 5.10. The molecule has 0 saturated carbocycles. The van der Waals surface area contributed by atoms with Crippen LogP contribution >= 0.6 is 34.7 Å². The third-order valence-electron chi connectivity index (χ3n) is 3.53. The van der Waals surface area contributed by atoms with E-state index in [2.05, 4.69) is 4.98 Å². The fraction of sp³-hybridized carbons (Fsp3) is 0.375. The monoisotopic (exact) mass is 368 g/mol. The van der Waals surface area contributed by atoms with Crippen molar-refractivity contribution in [1.82, 2.24) is 9.88 Å². The molecule has 0 atom stereocenters. The van der Waals surface area contributed by atoms with Gasteiger partial charge in [-0.2, -0.15) is 0 Å². The van der Waals surface area contributed by atoms with Crippen LogP contribution in [-0.2, 0) is 9.53 Å². The predicted molar refractivity (Wildman–Crippen MR) is 95.3 cm³/mol. The van der Waals surface area contributed by atoms with Crippen LogP contribution in [0.5, 0.6) is 0 Å². The number of amides is 1. The average molecular weight is 369 g/mol. The van der Waals surface area contributed by atoms with Gasteiger partial charge in [0.25, 0.3) is 0 Å². The first-order chi connectivity index (χ1) is 11.2. The van der Waals surface area contributed by atoms with Crippen molar-refractivity contribution >= 4 is 40.6 Å². The first kappa shape index (κ1) is 16.8. The van der Waals surface area contributed by atoms with Gasteiger partial charge in [-0.25, -0.2) is 4.98 Å². The van der Waals surface area contributed by atoms with Crippen LogP contribution in [0.3, 0.4) is 0 Å². The maximum atomic E-state index is 12.1. The van der Waals surface area contributed by atoms with E-state index in [1.54, 1.807) is 23.1 Å². The summed E-state index contributed by atoms with van der Waals surface area (Å²) >= 11 is 9.14. The Morgan fingerprint density at radius 1 is 1.30 bits per heavy atom. The SMILES string of the molecule is O=C(CCSc1nc(-c2ccc(Cl)cc2)cs1)N1CCOCC1. The number of thiazole rings is 1. The van der Waals surface area contributed by atoms with Crippen molar-refractivity contribution < 1.29 is 9.53 Å². The lowest BCUT2D eigenvalue weighted by molar-refractivity contribution is -0.134. The zero-order valence-electron chi connectivity index (χ0n) is 12.5. The number of rotatable bonds is 5. The number of carbonyl (C=O) groups is 1. The molecule has 1 aromatic heterocycles. The average Bonchev–Trinajstić information content (AvgIpc) is 3.05. The third-order valence-corrected chi connectivity index (χ3v) is 5.80. The lowest BCUT2D eigenvalue weighted by atomic mass is 10.2. The summed E-state index contributed by atoms with van der Waals surface area (Å²) < 4.78 is 6.25. The van der Waals surface area contributed by atoms with Gasteiger partial charge in [0.15, 0.2) is 4.34 Å². The number of ether oxygens (including phenoxy) is 1. The maximum absolute atomic E-state index is 12.1. The van der Waals surface area contributed by atoms with Gasteiger partial charge in [-0.1, -0.05) is 35.5 Å². The van der Waals surface area contributed by atoms with E-state index < -0.39 is 0 Å². The van der Waals surface area contributed by atoms with Crippen molar-refractivity contribution in [2.45, 2.75) is 10.8 Å². The summed E-state index contributed by atoms with van der Waals surface area (Å²) in [5, 5.41) is 2.76. The van der Waals surface area contributed by atoms with Gasteiger partial charge in [-0.15, -0.1) is 11.3 Å². The zero-order chi connectivity index (χ0) is 16.1. The van der Waals surface area contributed by atoms with Gasteiger partial charge < -0.3 is 9.64 Å². The minimum Gasteiger partial charge on any atom is -0.378 e. The van der Waals surface area contributed by atoms with Gasteiger partial charge in [0, 0.05) is 41.2 Å². The largest absolute Gasteiger partial charge is 0.378 e. The molecule has 4 nitrogen and oxygen atoms in total. The molecule has 1 amide bonds. The number of carbonyl (C=O) groups excluding carboxylic acids is 1. The molecule has 0 bridgehead atoms. The highest BCUT2D eigenvalue weighted by Gasteiger charge is 2.16. The number of nitrogens with zero attached hydrogens (tertiary/aromatic N) is 2.